The molecule has 0 saturated carbocycles. The van der Waals surface area contributed by atoms with E-state index < -0.39 is 36.0 Å². The summed E-state index contributed by atoms with van der Waals surface area (Å²) in [6, 6.07) is 5.32. The van der Waals surface area contributed by atoms with E-state index in [2.05, 4.69) is 12.2 Å². The van der Waals surface area contributed by atoms with Gasteiger partial charge in [-0.1, -0.05) is 57.3 Å². The number of nitrogens with two attached hydrogens (primary N) is 1. The van der Waals surface area contributed by atoms with Gasteiger partial charge < -0.3 is 25.3 Å². The molecule has 0 aliphatic carbocycles. The van der Waals surface area contributed by atoms with E-state index >= 15 is 0 Å². The number of nitrogens with one attached hydrogen (secondary N) is 1. The molecule has 0 bridgehead atoms. The van der Waals surface area contributed by atoms with Gasteiger partial charge in [0.2, 0.25) is 6.10 Å². The van der Waals surface area contributed by atoms with Gasteiger partial charge in [0.1, 0.15) is 16.3 Å². The zero-order chi connectivity index (χ0) is 27.3. The number of benzene rings is 1. The van der Waals surface area contributed by atoms with Crippen LogP contribution in [0.3, 0.4) is 0 Å². The van der Waals surface area contributed by atoms with E-state index in [9.17, 15) is 19.2 Å². The molecular weight excluding hydrogens is 488 g/mol. The van der Waals surface area contributed by atoms with E-state index in [1.165, 1.54) is 20.1 Å². The van der Waals surface area contributed by atoms with Gasteiger partial charge in [0.15, 0.2) is 6.10 Å². The molecule has 0 aromatic heterocycles. The average Bonchev–Trinajstić information content (AvgIpc) is 2.86. The van der Waals surface area contributed by atoms with Gasteiger partial charge in [-0.15, -0.1) is 0 Å². The minimum atomic E-state index is -1.23. The highest BCUT2D eigenvalue weighted by Gasteiger charge is 2.33. The fourth-order valence-electron chi connectivity index (χ4n) is 3.32. The number of carbonyl (C=O) groups excluding carboxylic acids is 4. The van der Waals surface area contributed by atoms with E-state index in [0.29, 0.717) is 18.6 Å². The molecule has 1 aromatic rings. The minimum Gasteiger partial charge on any atom is -0.496 e. The second-order valence-electron chi connectivity index (χ2n) is 8.40. The number of esters is 2. The maximum Gasteiger partial charge on any atom is 0.348 e. The first-order chi connectivity index (χ1) is 17.1. The summed E-state index contributed by atoms with van der Waals surface area (Å²) in [5, 5.41) is 2.23. The molecule has 1 rings (SSSR count). The van der Waals surface area contributed by atoms with Crippen molar-refractivity contribution in [3.05, 3.63) is 40.4 Å². The van der Waals surface area contributed by atoms with Crippen LogP contribution in [0.4, 0.5) is 0 Å². The predicted octanol–water partition coefficient (Wildman–Crippen LogP) is 3.66. The predicted molar refractivity (Wildman–Crippen MR) is 137 cm³/mol. The van der Waals surface area contributed by atoms with Crippen LogP contribution < -0.4 is 15.8 Å². The van der Waals surface area contributed by atoms with Crippen molar-refractivity contribution >= 4 is 35.4 Å². The molecule has 10 heteroatoms. The Morgan fingerprint density at radius 3 is 2.39 bits per heavy atom. The van der Waals surface area contributed by atoms with E-state index in [4.69, 9.17) is 31.5 Å². The first-order valence-electron chi connectivity index (χ1n) is 12.1. The summed E-state index contributed by atoms with van der Waals surface area (Å²) < 4.78 is 16.4. The summed E-state index contributed by atoms with van der Waals surface area (Å²) in [4.78, 5) is 49.4. The van der Waals surface area contributed by atoms with Crippen molar-refractivity contribution in [3.8, 4) is 5.75 Å². The Balaban J connectivity index is 2.99. The second kappa shape index (κ2) is 15.8. The third kappa shape index (κ3) is 9.53. The number of halogens is 1. The Bertz CT molecular complexity index is 948. The number of ether oxygens (including phenoxy) is 3. The van der Waals surface area contributed by atoms with E-state index in [-0.39, 0.29) is 23.1 Å². The molecule has 3 N–H and O–H groups in total. The number of hydrogen-bond donors (Lipinski definition) is 2. The Labute approximate surface area is 217 Å². The monoisotopic (exact) mass is 524 g/mol. The Morgan fingerprint density at radius 1 is 1.11 bits per heavy atom. The molecule has 0 aliphatic rings. The van der Waals surface area contributed by atoms with Gasteiger partial charge in [-0.3, -0.25) is 9.59 Å². The van der Waals surface area contributed by atoms with Crippen LogP contribution in [-0.4, -0.2) is 49.6 Å². The van der Waals surface area contributed by atoms with E-state index in [0.717, 1.165) is 24.8 Å². The van der Waals surface area contributed by atoms with E-state index in [1.54, 1.807) is 13.0 Å². The maximum atomic E-state index is 13.2. The van der Waals surface area contributed by atoms with Crippen LogP contribution in [0.2, 0.25) is 0 Å². The average molecular weight is 525 g/mol. The van der Waals surface area contributed by atoms with Gasteiger partial charge in [-0.25, -0.2) is 9.59 Å². The summed E-state index contributed by atoms with van der Waals surface area (Å²) in [7, 11) is 1.47. The molecule has 200 valence electrons. The number of hydrogen-bond acceptors (Lipinski definition) is 7. The molecular formula is C26H37ClN2O7. The molecule has 2 amide bonds. The van der Waals surface area contributed by atoms with Gasteiger partial charge in [0, 0.05) is 12.5 Å². The fraction of sp³-hybridized carbons (Fsp3) is 0.538. The van der Waals surface area contributed by atoms with Crippen LogP contribution in [0.5, 0.6) is 5.75 Å². The number of aryl methyl sites for hydroxylation is 1. The van der Waals surface area contributed by atoms with Gasteiger partial charge in [0.25, 0.3) is 11.8 Å². The van der Waals surface area contributed by atoms with Gasteiger partial charge in [-0.05, 0) is 43.9 Å². The Kier molecular flexibility index (Phi) is 13.6. The molecule has 9 nitrogen and oxygen atoms in total. The number of methoxy groups -OCH3 is 1. The molecule has 0 heterocycles. The molecule has 0 spiro atoms. The fourth-order valence-corrected chi connectivity index (χ4v) is 3.39. The summed E-state index contributed by atoms with van der Waals surface area (Å²) in [5.41, 5.74) is 6.08. The zero-order valence-electron chi connectivity index (χ0n) is 21.6. The highest BCUT2D eigenvalue weighted by Crippen LogP contribution is 2.27. The molecule has 0 saturated heterocycles. The first kappa shape index (κ1) is 31.0. The highest BCUT2D eigenvalue weighted by atomic mass is 35.5. The van der Waals surface area contributed by atoms with Crippen molar-refractivity contribution in [2.24, 2.45) is 11.7 Å². The standard InChI is InChI=1S/C26H37ClN2O7/c1-6-8-9-11-18-12-10-13-20(34-5)21(18)25(32)36-22(16(3)7-2)26(33)35-17(4)24(31)29-15-14-19(27)23(28)30/h10,12-14,16-17,22H,6-9,11,15H2,1-5H3,(H2,28,30)(H,29,31)/b19-14+/t16-,17-,22+/m1/s1. The van der Waals surface area contributed by atoms with Crippen molar-refractivity contribution in [1.82, 2.24) is 5.32 Å². The van der Waals surface area contributed by atoms with Crippen LogP contribution in [0.15, 0.2) is 29.3 Å². The Morgan fingerprint density at radius 2 is 1.81 bits per heavy atom. The van der Waals surface area contributed by atoms with Crippen molar-refractivity contribution in [3.63, 3.8) is 0 Å². The summed E-state index contributed by atoms with van der Waals surface area (Å²) in [6.45, 7) is 7.00. The molecule has 0 fully saturated rings. The molecule has 36 heavy (non-hydrogen) atoms. The number of rotatable bonds is 15. The first-order valence-corrected chi connectivity index (χ1v) is 12.5. The largest absolute Gasteiger partial charge is 0.496 e. The SMILES string of the molecule is CCCCCc1cccc(OC)c1C(=O)O[C@H](C(=O)O[C@H](C)C(=O)NC/C=C(/Cl)C(N)=O)[C@H](C)CC. The molecule has 0 aliphatic heterocycles. The lowest BCUT2D eigenvalue weighted by Crippen LogP contribution is -2.41. The van der Waals surface area contributed by atoms with Crippen LogP contribution in [0, 0.1) is 5.92 Å². The normalized spacial score (nSPS) is 13.8. The number of primary amides is 1. The number of unbranched alkanes of at least 4 members (excludes halogenated alkanes) is 2. The lowest BCUT2D eigenvalue weighted by atomic mass is 9.99. The molecule has 0 unspecified atom stereocenters. The molecule has 1 aromatic carbocycles. The van der Waals surface area contributed by atoms with Crippen LogP contribution in [0.25, 0.3) is 0 Å². The van der Waals surface area contributed by atoms with Crippen LogP contribution in [0.1, 0.15) is 69.3 Å². The van der Waals surface area contributed by atoms with Crippen LogP contribution in [-0.2, 0) is 30.3 Å². The van der Waals surface area contributed by atoms with Gasteiger partial charge in [0.05, 0.1) is 7.11 Å². The summed E-state index contributed by atoms with van der Waals surface area (Å²) in [6.07, 6.45) is 2.95. The van der Waals surface area contributed by atoms with Crippen molar-refractivity contribution in [2.75, 3.05) is 13.7 Å². The van der Waals surface area contributed by atoms with E-state index in [1.807, 2.05) is 19.1 Å². The zero-order valence-corrected chi connectivity index (χ0v) is 22.4. The third-order valence-corrected chi connectivity index (χ3v) is 6.01. The van der Waals surface area contributed by atoms with Gasteiger partial charge >= 0.3 is 11.9 Å². The van der Waals surface area contributed by atoms with Gasteiger partial charge in [-0.2, -0.15) is 0 Å². The lowest BCUT2D eigenvalue weighted by molar-refractivity contribution is -0.165. The summed E-state index contributed by atoms with van der Waals surface area (Å²) in [5.74, 6) is -2.98. The smallest absolute Gasteiger partial charge is 0.348 e. The molecule has 3 atom stereocenters. The minimum absolute atomic E-state index is 0.0825. The number of amides is 2. The Hall–Kier alpha value is -3.07. The van der Waals surface area contributed by atoms with Crippen molar-refractivity contribution in [1.29, 1.82) is 0 Å². The maximum absolute atomic E-state index is 13.2. The quantitative estimate of drug-likeness (QED) is 0.203. The second-order valence-corrected chi connectivity index (χ2v) is 8.81. The molecule has 0 radical (unpaired) electrons. The van der Waals surface area contributed by atoms with Crippen molar-refractivity contribution in [2.45, 2.75) is 72.0 Å². The third-order valence-electron chi connectivity index (χ3n) is 5.67. The number of carbonyl (C=O) groups is 4. The summed E-state index contributed by atoms with van der Waals surface area (Å²) >= 11 is 5.61. The lowest BCUT2D eigenvalue weighted by Gasteiger charge is -2.24. The van der Waals surface area contributed by atoms with Crippen LogP contribution >= 0.6 is 11.6 Å². The highest BCUT2D eigenvalue weighted by molar-refractivity contribution is 6.41. The topological polar surface area (TPSA) is 134 Å². The van der Waals surface area contributed by atoms with Crippen molar-refractivity contribution < 1.29 is 33.4 Å².